The highest BCUT2D eigenvalue weighted by atomic mass is 16.3. The molecule has 0 radical (unpaired) electrons. The van der Waals surface area contributed by atoms with Gasteiger partial charge in [0.05, 0.1) is 12.6 Å². The number of rotatable bonds is 4. The molecule has 2 fully saturated rings. The van der Waals surface area contributed by atoms with Gasteiger partial charge in [-0.1, -0.05) is 66.1 Å². The van der Waals surface area contributed by atoms with E-state index in [1.165, 1.54) is 16.7 Å². The second-order valence-electron chi connectivity index (χ2n) is 8.60. The third-order valence-electron chi connectivity index (χ3n) is 6.66. The number of anilines is 1. The summed E-state index contributed by atoms with van der Waals surface area (Å²) in [6, 6.07) is 19.0. The molecule has 1 aliphatic carbocycles. The van der Waals surface area contributed by atoms with Gasteiger partial charge in [-0.05, 0) is 52.8 Å². The van der Waals surface area contributed by atoms with Gasteiger partial charge in [0.1, 0.15) is 0 Å². The first-order chi connectivity index (χ1) is 15.6. The molecule has 1 aliphatic heterocycles. The Bertz CT molecular complexity index is 1010. The van der Waals surface area contributed by atoms with Crippen molar-refractivity contribution in [2.45, 2.75) is 44.8 Å². The number of tetrazole rings is 1. The number of carbonyl (C=O) groups is 1. The van der Waals surface area contributed by atoms with Crippen LogP contribution in [-0.4, -0.2) is 56.1 Å². The van der Waals surface area contributed by atoms with E-state index in [0.717, 1.165) is 51.1 Å². The van der Waals surface area contributed by atoms with Crippen molar-refractivity contribution in [2.24, 2.45) is 5.41 Å². The van der Waals surface area contributed by atoms with Crippen LogP contribution in [0.25, 0.3) is 11.1 Å². The van der Waals surface area contributed by atoms with Gasteiger partial charge in [0.15, 0.2) is 0 Å². The first-order valence-corrected chi connectivity index (χ1v) is 11.1. The molecule has 0 bridgehead atoms. The van der Waals surface area contributed by atoms with E-state index in [0.29, 0.717) is 6.54 Å². The quantitative estimate of drug-likeness (QED) is 0.606. The topological polar surface area (TPSA) is 104 Å². The first kappa shape index (κ1) is 22.0. The second kappa shape index (κ2) is 9.91. The molecule has 8 nitrogen and oxygen atoms in total. The van der Waals surface area contributed by atoms with Crippen molar-refractivity contribution in [1.82, 2.24) is 20.2 Å². The minimum absolute atomic E-state index is 0.0202. The van der Waals surface area contributed by atoms with E-state index in [4.69, 9.17) is 9.90 Å². The van der Waals surface area contributed by atoms with Gasteiger partial charge in [-0.15, -0.1) is 0 Å². The predicted molar refractivity (Wildman–Crippen MR) is 121 cm³/mol. The van der Waals surface area contributed by atoms with Gasteiger partial charge >= 0.3 is 0 Å². The SMILES string of the molecule is O=CO.O[C@@H]1CCC[C@]12CCCN(c1nnnn1Cc1ccc(-c3ccccc3)cc1)C2. The highest BCUT2D eigenvalue weighted by molar-refractivity contribution is 5.63. The van der Waals surface area contributed by atoms with E-state index in [9.17, 15) is 5.11 Å². The van der Waals surface area contributed by atoms with Gasteiger partial charge in [0.2, 0.25) is 5.95 Å². The molecule has 168 valence electrons. The van der Waals surface area contributed by atoms with Gasteiger partial charge in [0, 0.05) is 18.5 Å². The Kier molecular flexibility index (Phi) is 6.80. The van der Waals surface area contributed by atoms with Crippen molar-refractivity contribution in [2.75, 3.05) is 18.0 Å². The Hall–Kier alpha value is -3.26. The summed E-state index contributed by atoms with van der Waals surface area (Å²) in [5, 5.41) is 30.0. The summed E-state index contributed by atoms with van der Waals surface area (Å²) in [4.78, 5) is 10.6. The number of carboxylic acid groups (broad SMARTS) is 1. The number of benzene rings is 2. The largest absolute Gasteiger partial charge is 0.483 e. The fourth-order valence-electron chi connectivity index (χ4n) is 5.06. The summed E-state index contributed by atoms with van der Waals surface area (Å²) in [6.45, 7) is 2.19. The summed E-state index contributed by atoms with van der Waals surface area (Å²) < 4.78 is 1.89. The molecule has 3 aromatic rings. The lowest BCUT2D eigenvalue weighted by atomic mass is 9.77. The third kappa shape index (κ3) is 4.65. The number of hydrogen-bond acceptors (Lipinski definition) is 6. The van der Waals surface area contributed by atoms with Crippen LogP contribution in [-0.2, 0) is 11.3 Å². The van der Waals surface area contributed by atoms with Crippen LogP contribution in [0.3, 0.4) is 0 Å². The fraction of sp³-hybridized carbons (Fsp3) is 0.417. The smallest absolute Gasteiger partial charge is 0.290 e. The minimum atomic E-state index is -0.250. The van der Waals surface area contributed by atoms with Crippen LogP contribution in [0, 0.1) is 5.41 Å². The van der Waals surface area contributed by atoms with Crippen molar-refractivity contribution in [3.05, 3.63) is 60.2 Å². The summed E-state index contributed by atoms with van der Waals surface area (Å²) in [5.74, 6) is 0.815. The molecule has 2 atom stereocenters. The van der Waals surface area contributed by atoms with Crippen molar-refractivity contribution in [3.8, 4) is 11.1 Å². The highest BCUT2D eigenvalue weighted by Crippen LogP contribution is 2.45. The third-order valence-corrected chi connectivity index (χ3v) is 6.66. The number of aromatic nitrogens is 4. The van der Waals surface area contributed by atoms with Gasteiger partial charge < -0.3 is 15.1 Å². The maximum absolute atomic E-state index is 10.6. The zero-order chi connectivity index (χ0) is 22.4. The number of piperidine rings is 1. The molecule has 2 N–H and O–H groups in total. The van der Waals surface area contributed by atoms with Gasteiger partial charge in [-0.2, -0.15) is 0 Å². The molecular weight excluding hydrogens is 406 g/mol. The molecule has 2 aliphatic rings. The average molecular weight is 436 g/mol. The molecule has 1 saturated heterocycles. The molecule has 2 heterocycles. The van der Waals surface area contributed by atoms with E-state index < -0.39 is 0 Å². The molecule has 8 heteroatoms. The minimum Gasteiger partial charge on any atom is -0.483 e. The Balaban J connectivity index is 0.000000775. The van der Waals surface area contributed by atoms with E-state index >= 15 is 0 Å². The van der Waals surface area contributed by atoms with Crippen LogP contribution in [0.2, 0.25) is 0 Å². The van der Waals surface area contributed by atoms with Gasteiger partial charge in [-0.25, -0.2) is 4.68 Å². The zero-order valence-corrected chi connectivity index (χ0v) is 18.0. The van der Waals surface area contributed by atoms with E-state index in [1.807, 2.05) is 10.7 Å². The molecule has 5 rings (SSSR count). The summed E-state index contributed by atoms with van der Waals surface area (Å²) in [6.07, 6.45) is 5.14. The molecule has 1 spiro atoms. The lowest BCUT2D eigenvalue weighted by molar-refractivity contribution is -0.122. The fourth-order valence-corrected chi connectivity index (χ4v) is 5.06. The maximum atomic E-state index is 10.6. The molecule has 1 saturated carbocycles. The number of aliphatic hydroxyl groups excluding tert-OH is 1. The van der Waals surface area contributed by atoms with Crippen molar-refractivity contribution < 1.29 is 15.0 Å². The predicted octanol–water partition coefficient (Wildman–Crippen LogP) is 3.22. The normalized spacial score (nSPS) is 22.4. The van der Waals surface area contributed by atoms with Crippen LogP contribution < -0.4 is 4.90 Å². The molecule has 2 aromatic carbocycles. The monoisotopic (exact) mass is 435 g/mol. The van der Waals surface area contributed by atoms with Crippen LogP contribution >= 0.6 is 0 Å². The maximum Gasteiger partial charge on any atom is 0.290 e. The Morgan fingerprint density at radius 3 is 2.41 bits per heavy atom. The molecular formula is C24H29N5O3. The highest BCUT2D eigenvalue weighted by Gasteiger charge is 2.45. The van der Waals surface area contributed by atoms with Crippen molar-refractivity contribution >= 4 is 12.4 Å². The molecule has 0 amide bonds. The number of nitrogens with zero attached hydrogens (tertiary/aromatic N) is 5. The van der Waals surface area contributed by atoms with E-state index in [2.05, 4.69) is 69.0 Å². The molecule has 32 heavy (non-hydrogen) atoms. The van der Waals surface area contributed by atoms with E-state index in [1.54, 1.807) is 0 Å². The van der Waals surface area contributed by atoms with Gasteiger partial charge in [0.25, 0.3) is 6.47 Å². The molecule has 1 aromatic heterocycles. The zero-order valence-electron chi connectivity index (χ0n) is 18.0. The second-order valence-corrected chi connectivity index (χ2v) is 8.60. The lowest BCUT2D eigenvalue weighted by Gasteiger charge is -2.42. The standard InChI is InChI=1S/C23H27N5O.CH2O2/c29-21-8-4-13-23(21)14-5-15-27(17-23)22-24-25-26-28(22)16-18-9-11-20(12-10-18)19-6-2-1-3-7-19;2-1-3/h1-3,6-7,9-12,21,29H,4-5,8,13-17H2;1H,(H,2,3)/t21-,23-;/m1./s1. The summed E-state index contributed by atoms with van der Waals surface area (Å²) in [7, 11) is 0. The lowest BCUT2D eigenvalue weighted by Crippen LogP contribution is -2.48. The van der Waals surface area contributed by atoms with Crippen molar-refractivity contribution in [1.29, 1.82) is 0 Å². The number of aliphatic hydroxyl groups is 1. The Morgan fingerprint density at radius 1 is 1.03 bits per heavy atom. The summed E-state index contributed by atoms with van der Waals surface area (Å²) >= 11 is 0. The Labute approximate surface area is 187 Å². The summed E-state index contributed by atoms with van der Waals surface area (Å²) in [5.41, 5.74) is 3.62. The number of hydrogen-bond donors (Lipinski definition) is 2. The van der Waals surface area contributed by atoms with Gasteiger partial charge in [-0.3, -0.25) is 4.79 Å². The van der Waals surface area contributed by atoms with Crippen LogP contribution in [0.15, 0.2) is 54.6 Å². The van der Waals surface area contributed by atoms with Crippen molar-refractivity contribution in [3.63, 3.8) is 0 Å². The molecule has 0 unspecified atom stereocenters. The first-order valence-electron chi connectivity index (χ1n) is 11.1. The van der Waals surface area contributed by atoms with Crippen LogP contribution in [0.5, 0.6) is 0 Å². The van der Waals surface area contributed by atoms with E-state index in [-0.39, 0.29) is 18.0 Å². The Morgan fingerprint density at radius 2 is 1.72 bits per heavy atom. The van der Waals surface area contributed by atoms with Crippen LogP contribution in [0.4, 0.5) is 5.95 Å². The van der Waals surface area contributed by atoms with Crippen LogP contribution in [0.1, 0.15) is 37.7 Å². The average Bonchev–Trinajstić information content (AvgIpc) is 3.42.